The predicted octanol–water partition coefficient (Wildman–Crippen LogP) is 1.49. The molecule has 0 radical (unpaired) electrons. The van der Waals surface area contributed by atoms with E-state index in [0.717, 1.165) is 18.6 Å². The van der Waals surface area contributed by atoms with Crippen LogP contribution in [0.3, 0.4) is 0 Å². The van der Waals surface area contributed by atoms with E-state index in [4.69, 9.17) is 0 Å². The highest BCUT2D eigenvalue weighted by molar-refractivity contribution is 5.67. The minimum atomic E-state index is -0.585. The van der Waals surface area contributed by atoms with Crippen molar-refractivity contribution in [3.63, 3.8) is 0 Å². The summed E-state index contributed by atoms with van der Waals surface area (Å²) in [6, 6.07) is 3.40. The first-order chi connectivity index (χ1) is 9.38. The number of nitrogens with one attached hydrogen (secondary N) is 1. The molecule has 0 aliphatic heterocycles. The highest BCUT2D eigenvalue weighted by Crippen LogP contribution is 2.11. The van der Waals surface area contributed by atoms with Gasteiger partial charge in [-0.3, -0.25) is 5.32 Å². The average molecular weight is 280 g/mol. The molecular weight excluding hydrogens is 263 g/mol. The van der Waals surface area contributed by atoms with Gasteiger partial charge in [0, 0.05) is 4.85 Å². The Kier molecular flexibility index (Phi) is 3.87. The number of halogens is 1. The molecule has 0 amide bonds. The SMILES string of the molecule is CC(C)CC(C)Nc1n[n+]([O-])c2cc(F)ccc2[n+]1[O-]. The van der Waals surface area contributed by atoms with Crippen LogP contribution in [0.5, 0.6) is 0 Å². The van der Waals surface area contributed by atoms with E-state index in [2.05, 4.69) is 24.3 Å². The molecule has 0 bridgehead atoms. The minimum Gasteiger partial charge on any atom is -0.739 e. The second-order valence-electron chi connectivity index (χ2n) is 5.30. The molecule has 0 aliphatic carbocycles. The highest BCUT2D eigenvalue weighted by atomic mass is 19.1. The van der Waals surface area contributed by atoms with Gasteiger partial charge in [-0.2, -0.15) is 0 Å². The fourth-order valence-electron chi connectivity index (χ4n) is 2.19. The fraction of sp³-hybridized carbons (Fsp3) is 0.462. The van der Waals surface area contributed by atoms with E-state index in [1.165, 1.54) is 6.07 Å². The zero-order valence-corrected chi connectivity index (χ0v) is 11.6. The van der Waals surface area contributed by atoms with E-state index in [-0.39, 0.29) is 27.9 Å². The summed E-state index contributed by atoms with van der Waals surface area (Å²) >= 11 is 0. The lowest BCUT2D eigenvalue weighted by Crippen LogP contribution is -2.45. The summed E-state index contributed by atoms with van der Waals surface area (Å²) < 4.78 is 13.6. The summed E-state index contributed by atoms with van der Waals surface area (Å²) in [6.45, 7) is 6.04. The van der Waals surface area contributed by atoms with Crippen LogP contribution in [0.25, 0.3) is 11.0 Å². The number of benzene rings is 1. The van der Waals surface area contributed by atoms with Crippen molar-refractivity contribution >= 4 is 17.0 Å². The van der Waals surface area contributed by atoms with Crippen LogP contribution in [0.1, 0.15) is 27.2 Å². The van der Waals surface area contributed by atoms with Gasteiger partial charge in [0.1, 0.15) is 5.82 Å². The lowest BCUT2D eigenvalue weighted by atomic mass is 10.1. The molecule has 6 nitrogen and oxygen atoms in total. The first kappa shape index (κ1) is 14.2. The van der Waals surface area contributed by atoms with Crippen LogP contribution in [0.2, 0.25) is 0 Å². The van der Waals surface area contributed by atoms with Crippen LogP contribution >= 0.6 is 0 Å². The maximum absolute atomic E-state index is 13.1. The van der Waals surface area contributed by atoms with Crippen molar-refractivity contribution in [2.45, 2.75) is 33.2 Å². The van der Waals surface area contributed by atoms with Crippen molar-refractivity contribution in [2.75, 3.05) is 5.32 Å². The third-order valence-corrected chi connectivity index (χ3v) is 2.94. The summed E-state index contributed by atoms with van der Waals surface area (Å²) in [5, 5.41) is 30.4. The molecule has 1 aromatic heterocycles. The Balaban J connectivity index is 2.40. The molecule has 1 heterocycles. The summed E-state index contributed by atoms with van der Waals surface area (Å²) in [7, 11) is 0. The van der Waals surface area contributed by atoms with Gasteiger partial charge in [0.15, 0.2) is 5.52 Å². The second-order valence-corrected chi connectivity index (χ2v) is 5.30. The van der Waals surface area contributed by atoms with Gasteiger partial charge in [0.2, 0.25) is 5.10 Å². The Hall–Kier alpha value is -2.18. The topological polar surface area (TPSA) is 78.8 Å². The Morgan fingerprint density at radius 3 is 2.60 bits per heavy atom. The van der Waals surface area contributed by atoms with Crippen molar-refractivity contribution in [1.29, 1.82) is 0 Å². The van der Waals surface area contributed by atoms with E-state index in [0.29, 0.717) is 10.6 Å². The molecule has 1 unspecified atom stereocenters. The highest BCUT2D eigenvalue weighted by Gasteiger charge is 2.22. The number of rotatable bonds is 4. The van der Waals surface area contributed by atoms with Crippen LogP contribution in [-0.2, 0) is 0 Å². The van der Waals surface area contributed by atoms with E-state index in [9.17, 15) is 14.8 Å². The third kappa shape index (κ3) is 2.87. The smallest absolute Gasteiger partial charge is 0.461 e. The summed E-state index contributed by atoms with van der Waals surface area (Å²) in [4.78, 5) is 0.261. The second kappa shape index (κ2) is 5.44. The monoisotopic (exact) mass is 280 g/mol. The number of anilines is 1. The Bertz CT molecular complexity index is 633. The molecule has 1 atom stereocenters. The van der Waals surface area contributed by atoms with Crippen molar-refractivity contribution in [3.05, 3.63) is 34.4 Å². The molecule has 0 saturated carbocycles. The molecule has 2 rings (SSSR count). The summed E-state index contributed by atoms with van der Waals surface area (Å²) in [6.07, 6.45) is 0.835. The van der Waals surface area contributed by atoms with Crippen molar-refractivity contribution in [3.8, 4) is 0 Å². The summed E-state index contributed by atoms with van der Waals surface area (Å²) in [5.41, 5.74) is -0.0160. The standard InChI is InChI=1S/C13H17FN4O2/c1-8(2)6-9(3)15-13-16-18(20)12-7-10(14)4-5-11(12)17(13)19/h4-5,7-9H,6H2,1-3H3,(H,15,16). The Morgan fingerprint density at radius 2 is 1.95 bits per heavy atom. The van der Waals surface area contributed by atoms with E-state index < -0.39 is 5.82 Å². The van der Waals surface area contributed by atoms with E-state index >= 15 is 0 Å². The molecule has 1 aromatic carbocycles. The lowest BCUT2D eigenvalue weighted by molar-refractivity contribution is -0.672. The molecular formula is C13H17FN4O2. The van der Waals surface area contributed by atoms with Crippen LogP contribution in [0.15, 0.2) is 18.2 Å². The molecule has 0 saturated heterocycles. The molecule has 108 valence electrons. The molecule has 20 heavy (non-hydrogen) atoms. The van der Waals surface area contributed by atoms with E-state index in [1.54, 1.807) is 0 Å². The maximum atomic E-state index is 13.1. The third-order valence-electron chi connectivity index (χ3n) is 2.94. The number of hydrogen-bond donors (Lipinski definition) is 1. The normalized spacial score (nSPS) is 12.8. The number of hydrogen-bond acceptors (Lipinski definition) is 4. The zero-order chi connectivity index (χ0) is 14.9. The minimum absolute atomic E-state index is 0.000554. The van der Waals surface area contributed by atoms with Gasteiger partial charge in [-0.15, -0.1) is 0 Å². The first-order valence-corrected chi connectivity index (χ1v) is 6.47. The summed E-state index contributed by atoms with van der Waals surface area (Å²) in [5.74, 6) is -0.212. The van der Waals surface area contributed by atoms with E-state index in [1.807, 2.05) is 6.92 Å². The number of fused-ring (bicyclic) bond motifs is 1. The Morgan fingerprint density at radius 1 is 1.25 bits per heavy atom. The fourth-order valence-corrected chi connectivity index (χ4v) is 2.19. The largest absolute Gasteiger partial charge is 0.739 e. The molecule has 2 aromatic rings. The van der Waals surface area contributed by atoms with Crippen LogP contribution in [0, 0.1) is 22.1 Å². The van der Waals surface area contributed by atoms with Crippen molar-refractivity contribution in [1.82, 2.24) is 5.10 Å². The van der Waals surface area contributed by atoms with Crippen LogP contribution in [-0.4, -0.2) is 11.1 Å². The first-order valence-electron chi connectivity index (χ1n) is 6.47. The van der Waals surface area contributed by atoms with Gasteiger partial charge in [0.25, 0.3) is 0 Å². The van der Waals surface area contributed by atoms with Crippen LogP contribution < -0.4 is 14.9 Å². The van der Waals surface area contributed by atoms with Gasteiger partial charge in [-0.25, -0.2) is 9.12 Å². The van der Waals surface area contributed by atoms with Gasteiger partial charge in [-0.05, 0) is 31.4 Å². The van der Waals surface area contributed by atoms with Gasteiger partial charge < -0.3 is 10.4 Å². The zero-order valence-electron chi connectivity index (χ0n) is 11.6. The molecule has 0 spiro atoms. The van der Waals surface area contributed by atoms with Gasteiger partial charge in [0.05, 0.1) is 12.1 Å². The maximum Gasteiger partial charge on any atom is 0.461 e. The van der Waals surface area contributed by atoms with Crippen molar-refractivity contribution in [2.24, 2.45) is 5.92 Å². The average Bonchev–Trinajstić information content (AvgIpc) is 2.34. The van der Waals surface area contributed by atoms with Gasteiger partial charge in [-0.1, -0.05) is 13.8 Å². The molecule has 7 heteroatoms. The van der Waals surface area contributed by atoms with Gasteiger partial charge >= 0.3 is 11.5 Å². The lowest BCUT2D eigenvalue weighted by Gasteiger charge is -2.15. The molecule has 0 aliphatic rings. The Labute approximate surface area is 116 Å². The predicted molar refractivity (Wildman–Crippen MR) is 72.2 cm³/mol. The number of aromatic nitrogens is 3. The molecule has 1 N–H and O–H groups in total. The van der Waals surface area contributed by atoms with Crippen LogP contribution in [0.4, 0.5) is 10.3 Å². The number of nitrogens with zero attached hydrogens (tertiary/aromatic N) is 3. The van der Waals surface area contributed by atoms with Crippen molar-refractivity contribution < 1.29 is 14.0 Å². The molecule has 0 fully saturated rings. The quantitative estimate of drug-likeness (QED) is 0.679.